The molecule has 6 heteroatoms. The first-order valence-electron chi connectivity index (χ1n) is 9.10. The number of nitrogens with zero attached hydrogens (tertiary/aromatic N) is 2. The van der Waals surface area contributed by atoms with Crippen LogP contribution in [0.1, 0.15) is 5.56 Å². The van der Waals surface area contributed by atoms with Crippen LogP contribution in [0.25, 0.3) is 21.7 Å². The Kier molecular flexibility index (Phi) is 5.33. The normalized spacial score (nSPS) is 11.1. The number of ether oxygens (including phenoxy) is 2. The molecule has 1 amide bonds. The first-order valence-corrected chi connectivity index (χ1v) is 9.10. The van der Waals surface area contributed by atoms with Crippen molar-refractivity contribution in [1.82, 2.24) is 10.4 Å². The summed E-state index contributed by atoms with van der Waals surface area (Å²) in [5, 5.41) is 7.08. The van der Waals surface area contributed by atoms with Gasteiger partial charge in [-0.05, 0) is 29.0 Å². The van der Waals surface area contributed by atoms with Crippen molar-refractivity contribution in [2.45, 2.75) is 0 Å². The highest BCUT2D eigenvalue weighted by Crippen LogP contribution is 2.26. The lowest BCUT2D eigenvalue weighted by molar-refractivity contribution is -0.123. The molecule has 4 aromatic rings. The lowest BCUT2D eigenvalue weighted by atomic mass is 10.0. The fraction of sp³-hybridized carbons (Fsp3) is 0.0870. The molecule has 0 spiro atoms. The Morgan fingerprint density at radius 3 is 2.72 bits per heavy atom. The minimum Gasteiger partial charge on any atom is -0.496 e. The smallest absolute Gasteiger partial charge is 0.277 e. The first-order chi connectivity index (χ1) is 14.3. The summed E-state index contributed by atoms with van der Waals surface area (Å²) in [5.74, 6) is 0.867. The number of para-hydroxylation sites is 1. The molecular formula is C23H19N3O3. The van der Waals surface area contributed by atoms with Crippen LogP contribution < -0.4 is 14.9 Å². The van der Waals surface area contributed by atoms with Gasteiger partial charge in [-0.15, -0.1) is 0 Å². The molecule has 0 fully saturated rings. The zero-order valence-corrected chi connectivity index (χ0v) is 15.8. The van der Waals surface area contributed by atoms with Crippen molar-refractivity contribution in [3.8, 4) is 11.5 Å². The maximum absolute atomic E-state index is 12.2. The summed E-state index contributed by atoms with van der Waals surface area (Å²) in [6, 6.07) is 21.2. The lowest BCUT2D eigenvalue weighted by Gasteiger charge is -2.09. The molecule has 0 bridgehead atoms. The summed E-state index contributed by atoms with van der Waals surface area (Å²) >= 11 is 0. The molecule has 0 saturated heterocycles. The second kappa shape index (κ2) is 8.39. The molecule has 0 saturated carbocycles. The van der Waals surface area contributed by atoms with Crippen LogP contribution >= 0.6 is 0 Å². The summed E-state index contributed by atoms with van der Waals surface area (Å²) in [7, 11) is 1.60. The van der Waals surface area contributed by atoms with E-state index in [9.17, 15) is 4.79 Å². The largest absolute Gasteiger partial charge is 0.496 e. The monoisotopic (exact) mass is 385 g/mol. The third-order valence-electron chi connectivity index (χ3n) is 4.49. The van der Waals surface area contributed by atoms with Crippen LogP contribution in [0.15, 0.2) is 78.0 Å². The number of amides is 1. The Bertz CT molecular complexity index is 1200. The van der Waals surface area contributed by atoms with E-state index in [1.807, 2.05) is 60.7 Å². The van der Waals surface area contributed by atoms with E-state index in [1.54, 1.807) is 25.6 Å². The number of benzene rings is 3. The minimum absolute atomic E-state index is 0.167. The van der Waals surface area contributed by atoms with Crippen molar-refractivity contribution in [2.24, 2.45) is 5.10 Å². The topological polar surface area (TPSA) is 72.8 Å². The molecule has 1 heterocycles. The molecule has 0 radical (unpaired) electrons. The van der Waals surface area contributed by atoms with Gasteiger partial charge >= 0.3 is 0 Å². The highest BCUT2D eigenvalue weighted by atomic mass is 16.5. The van der Waals surface area contributed by atoms with Crippen molar-refractivity contribution in [1.29, 1.82) is 0 Å². The third-order valence-corrected chi connectivity index (χ3v) is 4.49. The standard InChI is InChI=1S/C23H19N3O3/c1-28-20-12-11-16-6-2-3-9-18(16)19(20)14-25-26-22(27)15-29-21-10-4-7-17-8-5-13-24-23(17)21/h2-14H,15H2,1H3,(H,26,27)/b25-14-. The summed E-state index contributed by atoms with van der Waals surface area (Å²) < 4.78 is 11.0. The summed E-state index contributed by atoms with van der Waals surface area (Å²) in [6.07, 6.45) is 3.27. The summed E-state index contributed by atoms with van der Waals surface area (Å²) in [5.41, 5.74) is 4.01. The maximum Gasteiger partial charge on any atom is 0.277 e. The summed E-state index contributed by atoms with van der Waals surface area (Å²) in [4.78, 5) is 16.5. The number of hydrogen-bond donors (Lipinski definition) is 1. The number of nitrogens with one attached hydrogen (secondary N) is 1. The van der Waals surface area contributed by atoms with Crippen molar-refractivity contribution in [2.75, 3.05) is 13.7 Å². The number of aromatic nitrogens is 1. The molecule has 144 valence electrons. The van der Waals surface area contributed by atoms with E-state index in [4.69, 9.17) is 9.47 Å². The second-order valence-electron chi connectivity index (χ2n) is 6.32. The van der Waals surface area contributed by atoms with E-state index in [-0.39, 0.29) is 12.5 Å². The van der Waals surface area contributed by atoms with Gasteiger partial charge in [-0.3, -0.25) is 9.78 Å². The molecule has 6 nitrogen and oxygen atoms in total. The number of carbonyl (C=O) groups is 1. The number of pyridine rings is 1. The van der Waals surface area contributed by atoms with Crippen LogP contribution in [-0.4, -0.2) is 30.8 Å². The number of carbonyl (C=O) groups excluding carboxylic acids is 1. The number of fused-ring (bicyclic) bond motifs is 2. The average Bonchev–Trinajstić information content (AvgIpc) is 2.77. The fourth-order valence-electron chi connectivity index (χ4n) is 3.12. The molecule has 0 aliphatic heterocycles. The van der Waals surface area contributed by atoms with Gasteiger partial charge in [0.15, 0.2) is 6.61 Å². The van der Waals surface area contributed by atoms with Gasteiger partial charge in [-0.1, -0.05) is 48.5 Å². The van der Waals surface area contributed by atoms with Gasteiger partial charge in [0, 0.05) is 17.1 Å². The Labute approximate surface area is 167 Å². The molecule has 0 aliphatic carbocycles. The summed E-state index contributed by atoms with van der Waals surface area (Å²) in [6.45, 7) is -0.167. The molecule has 1 N–H and O–H groups in total. The van der Waals surface area contributed by atoms with E-state index in [0.717, 1.165) is 21.7 Å². The Morgan fingerprint density at radius 1 is 1.00 bits per heavy atom. The highest BCUT2D eigenvalue weighted by molar-refractivity contribution is 6.02. The third kappa shape index (κ3) is 4.01. The predicted octanol–water partition coefficient (Wildman–Crippen LogP) is 3.93. The minimum atomic E-state index is -0.367. The van der Waals surface area contributed by atoms with Crippen molar-refractivity contribution in [3.05, 3.63) is 78.5 Å². The Balaban J connectivity index is 1.45. The molecule has 0 unspecified atom stereocenters. The van der Waals surface area contributed by atoms with E-state index in [2.05, 4.69) is 15.5 Å². The maximum atomic E-state index is 12.2. The van der Waals surface area contributed by atoms with Crippen molar-refractivity contribution >= 4 is 33.8 Å². The van der Waals surface area contributed by atoms with Crippen molar-refractivity contribution in [3.63, 3.8) is 0 Å². The van der Waals surface area contributed by atoms with E-state index in [0.29, 0.717) is 17.0 Å². The zero-order valence-electron chi connectivity index (χ0n) is 15.8. The molecule has 0 aliphatic rings. The van der Waals surface area contributed by atoms with Crippen LogP contribution in [0.5, 0.6) is 11.5 Å². The number of hydrogen-bond acceptors (Lipinski definition) is 5. The molecule has 1 aromatic heterocycles. The van der Waals surface area contributed by atoms with Gasteiger partial charge in [0.2, 0.25) is 0 Å². The predicted molar refractivity (Wildman–Crippen MR) is 113 cm³/mol. The second-order valence-corrected chi connectivity index (χ2v) is 6.32. The quantitative estimate of drug-likeness (QED) is 0.403. The van der Waals surface area contributed by atoms with Gasteiger partial charge in [0.05, 0.1) is 13.3 Å². The molecule has 29 heavy (non-hydrogen) atoms. The van der Waals surface area contributed by atoms with Crippen LogP contribution in [0.2, 0.25) is 0 Å². The molecule has 4 rings (SSSR count). The van der Waals surface area contributed by atoms with E-state index < -0.39 is 0 Å². The van der Waals surface area contributed by atoms with Gasteiger partial charge in [0.1, 0.15) is 17.0 Å². The van der Waals surface area contributed by atoms with Gasteiger partial charge < -0.3 is 9.47 Å². The van der Waals surface area contributed by atoms with Crippen LogP contribution in [0.4, 0.5) is 0 Å². The van der Waals surface area contributed by atoms with Crippen LogP contribution in [-0.2, 0) is 4.79 Å². The molecule has 0 atom stereocenters. The molecular weight excluding hydrogens is 366 g/mol. The van der Waals surface area contributed by atoms with Crippen molar-refractivity contribution < 1.29 is 14.3 Å². The van der Waals surface area contributed by atoms with E-state index >= 15 is 0 Å². The number of rotatable bonds is 6. The van der Waals surface area contributed by atoms with Gasteiger partial charge in [0.25, 0.3) is 5.91 Å². The SMILES string of the molecule is COc1ccc2ccccc2c1/C=N\NC(=O)COc1cccc2cccnc12. The van der Waals surface area contributed by atoms with E-state index in [1.165, 1.54) is 0 Å². The van der Waals surface area contributed by atoms with Gasteiger partial charge in [-0.25, -0.2) is 5.43 Å². The Hall–Kier alpha value is -3.93. The lowest BCUT2D eigenvalue weighted by Crippen LogP contribution is -2.24. The van der Waals surface area contributed by atoms with Crippen LogP contribution in [0.3, 0.4) is 0 Å². The average molecular weight is 385 g/mol. The number of hydrazone groups is 1. The highest BCUT2D eigenvalue weighted by Gasteiger charge is 2.08. The Morgan fingerprint density at radius 2 is 1.83 bits per heavy atom. The fourth-order valence-corrected chi connectivity index (χ4v) is 3.12. The zero-order chi connectivity index (χ0) is 20.1. The van der Waals surface area contributed by atoms with Gasteiger partial charge in [-0.2, -0.15) is 5.10 Å². The first kappa shape index (κ1) is 18.4. The number of methoxy groups -OCH3 is 1. The molecule has 3 aromatic carbocycles. The van der Waals surface area contributed by atoms with Crippen LogP contribution in [0, 0.1) is 0 Å².